The molecular weight excluding hydrogens is 269 g/mol. The van der Waals surface area contributed by atoms with Crippen molar-refractivity contribution in [1.29, 1.82) is 0 Å². The minimum atomic E-state index is -4.43. The lowest BCUT2D eigenvalue weighted by atomic mass is 10.1. The molecule has 0 aliphatic rings. The molecule has 0 radical (unpaired) electrons. The summed E-state index contributed by atoms with van der Waals surface area (Å²) in [7, 11) is 0. The third kappa shape index (κ3) is 2.56. The van der Waals surface area contributed by atoms with Crippen LogP contribution in [0.3, 0.4) is 0 Å². The summed E-state index contributed by atoms with van der Waals surface area (Å²) in [6.07, 6.45) is -4.05. The average Bonchev–Trinajstić information content (AvgIpc) is 2.66. The number of aliphatic hydroxyl groups is 1. The van der Waals surface area contributed by atoms with E-state index in [1.807, 2.05) is 0 Å². The van der Waals surface area contributed by atoms with E-state index in [0.717, 1.165) is 11.6 Å². The molecule has 3 nitrogen and oxygen atoms in total. The third-order valence-corrected chi connectivity index (χ3v) is 3.24. The summed E-state index contributed by atoms with van der Waals surface area (Å²) >= 11 is 0. The molecule has 6 heteroatoms. The summed E-state index contributed by atoms with van der Waals surface area (Å²) in [5.41, 5.74) is 1.32. The second kappa shape index (κ2) is 5.28. The topological polar surface area (TPSA) is 38.0 Å². The van der Waals surface area contributed by atoms with Crippen molar-refractivity contribution < 1.29 is 18.3 Å². The first-order valence-corrected chi connectivity index (χ1v) is 6.18. The Morgan fingerprint density at radius 1 is 1.20 bits per heavy atom. The normalized spacial score (nSPS) is 11.9. The van der Waals surface area contributed by atoms with E-state index in [4.69, 9.17) is 5.11 Å². The van der Waals surface area contributed by atoms with Crippen LogP contribution in [0.5, 0.6) is 0 Å². The van der Waals surface area contributed by atoms with Gasteiger partial charge in [-0.05, 0) is 38.0 Å². The van der Waals surface area contributed by atoms with Gasteiger partial charge in [-0.15, -0.1) is 0 Å². The van der Waals surface area contributed by atoms with Gasteiger partial charge < -0.3 is 5.11 Å². The van der Waals surface area contributed by atoms with Crippen molar-refractivity contribution in [3.05, 3.63) is 46.8 Å². The standard InChI is InChI=1S/C14H15F3N2O/c1-9-11(7-8-20)10(2)19(18-9)13-6-4-3-5-12(13)14(15,16)17/h3-6,20H,7-8H2,1-2H3. The minimum absolute atomic E-state index is 0.00443. The Hall–Kier alpha value is -1.82. The summed E-state index contributed by atoms with van der Waals surface area (Å²) in [5.74, 6) is 0. The van der Waals surface area contributed by atoms with Crippen molar-refractivity contribution >= 4 is 0 Å². The summed E-state index contributed by atoms with van der Waals surface area (Å²) in [5, 5.41) is 13.2. The Morgan fingerprint density at radius 2 is 1.85 bits per heavy atom. The van der Waals surface area contributed by atoms with Gasteiger partial charge in [0.1, 0.15) is 0 Å². The molecule has 0 amide bonds. The van der Waals surface area contributed by atoms with Crippen LogP contribution in [0.25, 0.3) is 5.69 Å². The molecule has 1 heterocycles. The van der Waals surface area contributed by atoms with E-state index in [9.17, 15) is 13.2 Å². The van der Waals surface area contributed by atoms with Gasteiger partial charge in [-0.3, -0.25) is 0 Å². The maximum atomic E-state index is 13.0. The SMILES string of the molecule is Cc1nn(-c2ccccc2C(F)(F)F)c(C)c1CCO. The van der Waals surface area contributed by atoms with Crippen molar-refractivity contribution in [3.63, 3.8) is 0 Å². The van der Waals surface area contributed by atoms with Gasteiger partial charge in [0, 0.05) is 12.3 Å². The molecule has 1 aromatic heterocycles. The van der Waals surface area contributed by atoms with Gasteiger partial charge >= 0.3 is 6.18 Å². The maximum absolute atomic E-state index is 13.0. The van der Waals surface area contributed by atoms with Crippen LogP contribution in [-0.2, 0) is 12.6 Å². The second-order valence-corrected chi connectivity index (χ2v) is 4.55. The highest BCUT2D eigenvalue weighted by atomic mass is 19.4. The molecule has 0 fully saturated rings. The van der Waals surface area contributed by atoms with Crippen LogP contribution in [0, 0.1) is 13.8 Å². The van der Waals surface area contributed by atoms with Crippen molar-refractivity contribution in [3.8, 4) is 5.69 Å². The van der Waals surface area contributed by atoms with Gasteiger partial charge in [-0.1, -0.05) is 12.1 Å². The third-order valence-electron chi connectivity index (χ3n) is 3.24. The first kappa shape index (κ1) is 14.6. The van der Waals surface area contributed by atoms with Crippen molar-refractivity contribution in [1.82, 2.24) is 9.78 Å². The Balaban J connectivity index is 2.61. The number of aryl methyl sites for hydroxylation is 1. The molecule has 108 valence electrons. The number of nitrogens with zero attached hydrogens (tertiary/aromatic N) is 2. The number of aliphatic hydroxyl groups excluding tert-OH is 1. The van der Waals surface area contributed by atoms with E-state index >= 15 is 0 Å². The summed E-state index contributed by atoms with van der Waals surface area (Å²) < 4.78 is 40.4. The first-order chi connectivity index (χ1) is 9.36. The van der Waals surface area contributed by atoms with Gasteiger partial charge in [-0.2, -0.15) is 18.3 Å². The molecule has 2 aromatic rings. The van der Waals surface area contributed by atoms with Crippen LogP contribution in [-0.4, -0.2) is 21.5 Å². The predicted octanol–water partition coefficient (Wildman–Crippen LogP) is 3.04. The van der Waals surface area contributed by atoms with E-state index in [0.29, 0.717) is 17.8 Å². The van der Waals surface area contributed by atoms with Crippen LogP contribution in [0.2, 0.25) is 0 Å². The van der Waals surface area contributed by atoms with E-state index in [-0.39, 0.29) is 12.3 Å². The number of para-hydroxylation sites is 1. The highest BCUT2D eigenvalue weighted by Gasteiger charge is 2.34. The molecule has 1 N–H and O–H groups in total. The summed E-state index contributed by atoms with van der Waals surface area (Å²) in [4.78, 5) is 0. The van der Waals surface area contributed by atoms with Crippen molar-refractivity contribution in [2.24, 2.45) is 0 Å². The number of alkyl halides is 3. The van der Waals surface area contributed by atoms with Gasteiger partial charge in [0.15, 0.2) is 0 Å². The molecule has 1 aromatic carbocycles. The lowest BCUT2D eigenvalue weighted by Gasteiger charge is -2.13. The predicted molar refractivity (Wildman–Crippen MR) is 68.8 cm³/mol. The molecule has 0 spiro atoms. The lowest BCUT2D eigenvalue weighted by molar-refractivity contribution is -0.137. The fourth-order valence-electron chi connectivity index (χ4n) is 2.28. The zero-order valence-electron chi connectivity index (χ0n) is 11.2. The van der Waals surface area contributed by atoms with E-state index in [2.05, 4.69) is 5.10 Å². The fraction of sp³-hybridized carbons (Fsp3) is 0.357. The molecule has 0 bridgehead atoms. The van der Waals surface area contributed by atoms with Gasteiger partial charge in [0.2, 0.25) is 0 Å². The van der Waals surface area contributed by atoms with Crippen LogP contribution >= 0.6 is 0 Å². The monoisotopic (exact) mass is 284 g/mol. The lowest BCUT2D eigenvalue weighted by Crippen LogP contribution is -2.12. The highest BCUT2D eigenvalue weighted by Crippen LogP contribution is 2.34. The van der Waals surface area contributed by atoms with E-state index < -0.39 is 11.7 Å². The molecule has 20 heavy (non-hydrogen) atoms. The molecule has 0 aliphatic carbocycles. The molecule has 0 unspecified atom stereocenters. The van der Waals surface area contributed by atoms with E-state index in [1.165, 1.54) is 16.8 Å². The quantitative estimate of drug-likeness (QED) is 0.940. The zero-order chi connectivity index (χ0) is 14.9. The first-order valence-electron chi connectivity index (χ1n) is 6.18. The Morgan fingerprint density at radius 3 is 2.45 bits per heavy atom. The summed E-state index contributed by atoms with van der Waals surface area (Å²) in [6.45, 7) is 3.37. The molecular formula is C14H15F3N2O. The van der Waals surface area contributed by atoms with Crippen LogP contribution in [0.15, 0.2) is 24.3 Å². The Labute approximate surface area is 114 Å². The number of halogens is 3. The van der Waals surface area contributed by atoms with Gasteiger partial charge in [-0.25, -0.2) is 4.68 Å². The van der Waals surface area contributed by atoms with Gasteiger partial charge in [0.25, 0.3) is 0 Å². The molecule has 2 rings (SSSR count). The summed E-state index contributed by atoms with van der Waals surface area (Å²) in [6, 6.07) is 5.34. The number of benzene rings is 1. The van der Waals surface area contributed by atoms with Crippen LogP contribution in [0.4, 0.5) is 13.2 Å². The Bertz CT molecular complexity index is 617. The number of rotatable bonds is 3. The largest absolute Gasteiger partial charge is 0.418 e. The number of hydrogen-bond donors (Lipinski definition) is 1. The molecule has 0 atom stereocenters. The average molecular weight is 284 g/mol. The zero-order valence-corrected chi connectivity index (χ0v) is 11.2. The van der Waals surface area contributed by atoms with Crippen molar-refractivity contribution in [2.45, 2.75) is 26.4 Å². The second-order valence-electron chi connectivity index (χ2n) is 4.55. The van der Waals surface area contributed by atoms with Crippen LogP contribution in [0.1, 0.15) is 22.5 Å². The van der Waals surface area contributed by atoms with Gasteiger partial charge in [0.05, 0.1) is 16.9 Å². The number of hydrogen-bond acceptors (Lipinski definition) is 2. The van der Waals surface area contributed by atoms with E-state index in [1.54, 1.807) is 19.9 Å². The maximum Gasteiger partial charge on any atom is 0.418 e. The number of aromatic nitrogens is 2. The minimum Gasteiger partial charge on any atom is -0.396 e. The Kier molecular flexibility index (Phi) is 3.85. The smallest absolute Gasteiger partial charge is 0.396 e. The molecule has 0 saturated carbocycles. The fourth-order valence-corrected chi connectivity index (χ4v) is 2.28. The van der Waals surface area contributed by atoms with Crippen LogP contribution < -0.4 is 0 Å². The highest BCUT2D eigenvalue weighted by molar-refractivity contribution is 5.45. The van der Waals surface area contributed by atoms with Crippen molar-refractivity contribution in [2.75, 3.05) is 6.61 Å². The molecule has 0 aliphatic heterocycles. The molecule has 0 saturated heterocycles.